The summed E-state index contributed by atoms with van der Waals surface area (Å²) in [5.74, 6) is -0.940. The quantitative estimate of drug-likeness (QED) is 0.543. The number of nitrogens with one attached hydrogen (secondary N) is 1. The van der Waals surface area contributed by atoms with Crippen LogP contribution in [-0.4, -0.2) is 30.7 Å². The molecule has 0 aliphatic carbocycles. The summed E-state index contributed by atoms with van der Waals surface area (Å²) in [5.41, 5.74) is 0.557. The largest absolute Gasteiger partial charge is 0.494 e. The molecule has 0 unspecified atom stereocenters. The summed E-state index contributed by atoms with van der Waals surface area (Å²) in [5, 5.41) is 6.94. The number of methoxy groups -OCH3 is 1. The van der Waals surface area contributed by atoms with Gasteiger partial charge in [-0.2, -0.15) is 0 Å². The van der Waals surface area contributed by atoms with E-state index in [1.807, 2.05) is 6.92 Å². The minimum Gasteiger partial charge on any atom is -0.494 e. The summed E-state index contributed by atoms with van der Waals surface area (Å²) in [7, 11) is 1.20. The van der Waals surface area contributed by atoms with Crippen molar-refractivity contribution in [3.8, 4) is 17.0 Å². The van der Waals surface area contributed by atoms with E-state index in [4.69, 9.17) is 37.2 Å². The highest BCUT2D eigenvalue weighted by atomic mass is 35.5. The van der Waals surface area contributed by atoms with Crippen LogP contribution in [0.1, 0.15) is 27.6 Å². The predicted molar refractivity (Wildman–Crippen MR) is 109 cm³/mol. The van der Waals surface area contributed by atoms with E-state index < -0.39 is 11.9 Å². The van der Waals surface area contributed by atoms with Crippen LogP contribution >= 0.6 is 23.2 Å². The van der Waals surface area contributed by atoms with Gasteiger partial charge in [0.1, 0.15) is 11.4 Å². The summed E-state index contributed by atoms with van der Waals surface area (Å²) < 4.78 is 15.4. The van der Waals surface area contributed by atoms with Crippen molar-refractivity contribution >= 4 is 41.0 Å². The summed E-state index contributed by atoms with van der Waals surface area (Å²) in [6.45, 7) is 2.30. The number of hydrogen-bond donors (Lipinski definition) is 1. The van der Waals surface area contributed by atoms with Crippen molar-refractivity contribution in [2.24, 2.45) is 0 Å². The number of benzene rings is 2. The Morgan fingerprint density at radius 1 is 1.14 bits per heavy atom. The van der Waals surface area contributed by atoms with Gasteiger partial charge in [-0.15, -0.1) is 0 Å². The fourth-order valence-corrected chi connectivity index (χ4v) is 3.21. The van der Waals surface area contributed by atoms with E-state index in [2.05, 4.69) is 10.5 Å². The second-order valence-electron chi connectivity index (χ2n) is 5.74. The molecule has 1 amide bonds. The van der Waals surface area contributed by atoms with Gasteiger partial charge in [-0.3, -0.25) is 10.1 Å². The Morgan fingerprint density at radius 2 is 1.83 bits per heavy atom. The molecule has 7 nitrogen and oxygen atoms in total. The molecule has 29 heavy (non-hydrogen) atoms. The molecule has 1 heterocycles. The lowest BCUT2D eigenvalue weighted by atomic mass is 10.1. The van der Waals surface area contributed by atoms with Crippen molar-refractivity contribution in [1.82, 2.24) is 5.16 Å². The third kappa shape index (κ3) is 4.36. The number of halogens is 2. The molecule has 3 aromatic rings. The highest BCUT2D eigenvalue weighted by Gasteiger charge is 2.29. The first kappa shape index (κ1) is 20.7. The zero-order chi connectivity index (χ0) is 21.0. The number of amides is 1. The van der Waals surface area contributed by atoms with Gasteiger partial charge in [0.05, 0.1) is 23.8 Å². The number of anilines is 1. The summed E-state index contributed by atoms with van der Waals surface area (Å²) in [6.07, 6.45) is 0. The minimum absolute atomic E-state index is 0.0609. The Balaban J connectivity index is 2.00. The van der Waals surface area contributed by atoms with Crippen molar-refractivity contribution in [3.05, 3.63) is 63.6 Å². The molecule has 0 atom stereocenters. The number of ether oxygens (including phenoxy) is 2. The predicted octanol–water partition coefficient (Wildman–Crippen LogP) is 5.09. The van der Waals surface area contributed by atoms with Gasteiger partial charge in [0.2, 0.25) is 5.88 Å². The highest BCUT2D eigenvalue weighted by Crippen LogP contribution is 2.38. The molecule has 0 aliphatic heterocycles. The summed E-state index contributed by atoms with van der Waals surface area (Å²) in [4.78, 5) is 25.0. The smallest absolute Gasteiger partial charge is 0.345 e. The molecule has 0 radical (unpaired) electrons. The lowest BCUT2D eigenvalue weighted by molar-refractivity contribution is 0.0602. The molecular formula is C20H16Cl2N2O5. The maximum absolute atomic E-state index is 12.7. The Morgan fingerprint density at radius 3 is 2.48 bits per heavy atom. The molecule has 150 valence electrons. The van der Waals surface area contributed by atoms with Crippen LogP contribution in [0.25, 0.3) is 11.3 Å². The Labute approximate surface area is 176 Å². The standard InChI is InChI=1S/C20H16Cl2N2O5/c1-3-28-12-7-4-6-11(10-12)18(25)23-19-16(20(26)27-2)17(24-29-19)15-13(21)8-5-9-14(15)22/h4-10H,3H2,1-2H3,(H,23,25). The first-order chi connectivity index (χ1) is 14.0. The molecule has 0 fully saturated rings. The second-order valence-corrected chi connectivity index (χ2v) is 6.55. The summed E-state index contributed by atoms with van der Waals surface area (Å²) in [6, 6.07) is 11.4. The van der Waals surface area contributed by atoms with E-state index in [-0.39, 0.29) is 27.2 Å². The van der Waals surface area contributed by atoms with Crippen molar-refractivity contribution < 1.29 is 23.6 Å². The minimum atomic E-state index is -0.768. The number of nitrogens with zero attached hydrogens (tertiary/aromatic N) is 1. The SMILES string of the molecule is CCOc1cccc(C(=O)Nc2onc(-c3c(Cl)cccc3Cl)c2C(=O)OC)c1. The molecule has 3 rings (SSSR count). The number of hydrogen-bond acceptors (Lipinski definition) is 6. The Bertz CT molecular complexity index is 1040. The normalized spacial score (nSPS) is 10.5. The molecule has 2 aromatic carbocycles. The third-order valence-corrected chi connectivity index (χ3v) is 4.55. The number of aromatic nitrogens is 1. The van der Waals surface area contributed by atoms with Gasteiger partial charge in [0.15, 0.2) is 5.56 Å². The third-order valence-electron chi connectivity index (χ3n) is 3.92. The molecule has 1 aromatic heterocycles. The van der Waals surface area contributed by atoms with E-state index in [0.717, 1.165) is 0 Å². The number of rotatable bonds is 6. The van der Waals surface area contributed by atoms with Crippen LogP contribution in [0.2, 0.25) is 10.0 Å². The molecule has 1 N–H and O–H groups in total. The fourth-order valence-electron chi connectivity index (χ4n) is 2.63. The van der Waals surface area contributed by atoms with Crippen molar-refractivity contribution in [2.75, 3.05) is 19.0 Å². The maximum atomic E-state index is 12.7. The zero-order valence-electron chi connectivity index (χ0n) is 15.5. The Hall–Kier alpha value is -3.03. The lowest BCUT2D eigenvalue weighted by Gasteiger charge is -2.08. The van der Waals surface area contributed by atoms with E-state index in [0.29, 0.717) is 23.5 Å². The van der Waals surface area contributed by atoms with Crippen LogP contribution in [0.15, 0.2) is 47.0 Å². The van der Waals surface area contributed by atoms with E-state index in [9.17, 15) is 9.59 Å². The maximum Gasteiger partial charge on any atom is 0.345 e. The molecule has 0 saturated carbocycles. The zero-order valence-corrected chi connectivity index (χ0v) is 17.0. The van der Waals surface area contributed by atoms with E-state index in [1.165, 1.54) is 7.11 Å². The van der Waals surface area contributed by atoms with Crippen molar-refractivity contribution in [2.45, 2.75) is 6.92 Å². The van der Waals surface area contributed by atoms with Crippen LogP contribution in [-0.2, 0) is 4.74 Å². The molecule has 0 saturated heterocycles. The van der Waals surface area contributed by atoms with Crippen molar-refractivity contribution in [1.29, 1.82) is 0 Å². The van der Waals surface area contributed by atoms with Gasteiger partial charge >= 0.3 is 5.97 Å². The molecule has 0 bridgehead atoms. The van der Waals surface area contributed by atoms with Gasteiger partial charge < -0.3 is 14.0 Å². The molecule has 0 spiro atoms. The van der Waals surface area contributed by atoms with Crippen LogP contribution in [0, 0.1) is 0 Å². The van der Waals surface area contributed by atoms with Crippen LogP contribution < -0.4 is 10.1 Å². The van der Waals surface area contributed by atoms with Crippen LogP contribution in [0.3, 0.4) is 0 Å². The molecule has 0 aliphatic rings. The Kier molecular flexibility index (Phi) is 6.41. The van der Waals surface area contributed by atoms with Gasteiger partial charge in [0, 0.05) is 11.1 Å². The number of carbonyl (C=O) groups excluding carboxylic acids is 2. The lowest BCUT2D eigenvalue weighted by Crippen LogP contribution is -2.14. The van der Waals surface area contributed by atoms with Gasteiger partial charge in [-0.1, -0.05) is 40.5 Å². The first-order valence-electron chi connectivity index (χ1n) is 8.52. The molecular weight excluding hydrogens is 419 g/mol. The molecule has 9 heteroatoms. The van der Waals surface area contributed by atoms with Gasteiger partial charge in [-0.05, 0) is 37.3 Å². The van der Waals surface area contributed by atoms with Gasteiger partial charge in [-0.25, -0.2) is 4.79 Å². The monoisotopic (exact) mass is 434 g/mol. The van der Waals surface area contributed by atoms with Crippen LogP contribution in [0.4, 0.5) is 5.88 Å². The highest BCUT2D eigenvalue weighted by molar-refractivity contribution is 6.39. The van der Waals surface area contributed by atoms with E-state index in [1.54, 1.807) is 42.5 Å². The average Bonchev–Trinajstić information content (AvgIpc) is 3.11. The first-order valence-corrected chi connectivity index (χ1v) is 9.28. The number of carbonyl (C=O) groups is 2. The van der Waals surface area contributed by atoms with Gasteiger partial charge in [0.25, 0.3) is 5.91 Å². The topological polar surface area (TPSA) is 90.7 Å². The summed E-state index contributed by atoms with van der Waals surface area (Å²) >= 11 is 12.4. The second kappa shape index (κ2) is 8.98. The fraction of sp³-hybridized carbons (Fsp3) is 0.150. The van der Waals surface area contributed by atoms with Crippen LogP contribution in [0.5, 0.6) is 5.75 Å². The van der Waals surface area contributed by atoms with E-state index >= 15 is 0 Å². The van der Waals surface area contributed by atoms with Crippen molar-refractivity contribution in [3.63, 3.8) is 0 Å². The average molecular weight is 435 g/mol. The number of esters is 1.